The van der Waals surface area contributed by atoms with Crippen LogP contribution in [0.4, 0.5) is 17.1 Å². The van der Waals surface area contributed by atoms with Crippen molar-refractivity contribution < 1.29 is 17.9 Å². The molecular weight excluding hydrogens is 474 g/mol. The summed E-state index contributed by atoms with van der Waals surface area (Å²) in [7, 11) is -3.51. The molecule has 0 radical (unpaired) electrons. The van der Waals surface area contributed by atoms with Crippen LogP contribution in [0.2, 0.25) is 0 Å². The van der Waals surface area contributed by atoms with Gasteiger partial charge in [-0.15, -0.1) is 0 Å². The van der Waals surface area contributed by atoms with E-state index in [1.807, 2.05) is 31.2 Å². The van der Waals surface area contributed by atoms with E-state index in [1.165, 1.54) is 35.5 Å². The van der Waals surface area contributed by atoms with E-state index >= 15 is 0 Å². The average molecular weight is 508 g/mol. The quantitative estimate of drug-likeness (QED) is 0.426. The third kappa shape index (κ3) is 6.57. The van der Waals surface area contributed by atoms with Crippen LogP contribution < -0.4 is 19.3 Å². The maximum atomic E-state index is 12.8. The van der Waals surface area contributed by atoms with Crippen LogP contribution in [-0.2, 0) is 16.6 Å². The van der Waals surface area contributed by atoms with Crippen LogP contribution >= 0.6 is 0 Å². The molecular formula is C28H33N3O4S. The van der Waals surface area contributed by atoms with Gasteiger partial charge in [0, 0.05) is 30.0 Å². The van der Waals surface area contributed by atoms with Crippen molar-refractivity contribution in [3.05, 3.63) is 83.9 Å². The van der Waals surface area contributed by atoms with E-state index in [2.05, 4.69) is 10.2 Å². The SMILES string of the molecule is CCOc1ccc(N(Cc2ccc(C(=O)Nc3ccc(N4CCCCC4)cc3)cc2)S(C)(=O)=O)cc1. The molecule has 36 heavy (non-hydrogen) atoms. The summed E-state index contributed by atoms with van der Waals surface area (Å²) in [6, 6.07) is 21.9. The summed E-state index contributed by atoms with van der Waals surface area (Å²) in [5.74, 6) is 0.477. The molecule has 1 amide bonds. The molecule has 0 spiro atoms. The van der Waals surface area contributed by atoms with E-state index in [9.17, 15) is 13.2 Å². The molecule has 7 nitrogen and oxygen atoms in total. The maximum Gasteiger partial charge on any atom is 0.255 e. The zero-order chi connectivity index (χ0) is 25.5. The third-order valence-corrected chi connectivity index (χ3v) is 7.37. The van der Waals surface area contributed by atoms with Gasteiger partial charge in [0.1, 0.15) is 5.75 Å². The number of amides is 1. The summed E-state index contributed by atoms with van der Waals surface area (Å²) in [4.78, 5) is 15.1. The molecule has 1 aliphatic rings. The lowest BCUT2D eigenvalue weighted by atomic mass is 10.1. The molecule has 0 unspecified atom stereocenters. The summed E-state index contributed by atoms with van der Waals surface area (Å²) in [6.45, 7) is 4.75. The Kier molecular flexibility index (Phi) is 8.15. The number of nitrogens with one attached hydrogen (secondary N) is 1. The van der Waals surface area contributed by atoms with E-state index in [1.54, 1.807) is 48.5 Å². The van der Waals surface area contributed by atoms with Crippen molar-refractivity contribution in [2.45, 2.75) is 32.7 Å². The molecule has 3 aromatic rings. The van der Waals surface area contributed by atoms with Gasteiger partial charge in [-0.05, 0) is 92.4 Å². The van der Waals surface area contributed by atoms with Gasteiger partial charge in [0.05, 0.1) is 25.1 Å². The van der Waals surface area contributed by atoms with E-state index < -0.39 is 10.0 Å². The predicted molar refractivity (Wildman–Crippen MR) is 146 cm³/mol. The van der Waals surface area contributed by atoms with Gasteiger partial charge < -0.3 is 15.0 Å². The van der Waals surface area contributed by atoms with Crippen LogP contribution in [0.3, 0.4) is 0 Å². The number of hydrogen-bond donors (Lipinski definition) is 1. The molecule has 4 rings (SSSR count). The molecule has 1 aliphatic heterocycles. The molecule has 0 aromatic heterocycles. The summed E-state index contributed by atoms with van der Waals surface area (Å²) >= 11 is 0. The van der Waals surface area contributed by atoms with Crippen molar-refractivity contribution >= 4 is 33.0 Å². The highest BCUT2D eigenvalue weighted by molar-refractivity contribution is 7.92. The summed E-state index contributed by atoms with van der Waals surface area (Å²) in [5.41, 5.74) is 3.75. The van der Waals surface area contributed by atoms with E-state index in [0.717, 1.165) is 24.3 Å². The normalized spacial score (nSPS) is 13.8. The molecule has 0 bridgehead atoms. The lowest BCUT2D eigenvalue weighted by Crippen LogP contribution is -2.29. The molecule has 190 valence electrons. The van der Waals surface area contributed by atoms with E-state index in [4.69, 9.17) is 4.74 Å². The summed E-state index contributed by atoms with van der Waals surface area (Å²) in [5, 5.41) is 2.94. The summed E-state index contributed by atoms with van der Waals surface area (Å²) < 4.78 is 31.7. The smallest absolute Gasteiger partial charge is 0.255 e. The number of ether oxygens (including phenoxy) is 1. The van der Waals surface area contributed by atoms with Crippen LogP contribution in [-0.4, -0.2) is 40.3 Å². The van der Waals surface area contributed by atoms with E-state index in [-0.39, 0.29) is 12.5 Å². The maximum absolute atomic E-state index is 12.8. The Bertz CT molecular complexity index is 1250. The van der Waals surface area contributed by atoms with Crippen molar-refractivity contribution in [2.24, 2.45) is 0 Å². The van der Waals surface area contributed by atoms with Gasteiger partial charge in [0.2, 0.25) is 10.0 Å². The van der Waals surface area contributed by atoms with Crippen LogP contribution in [0.1, 0.15) is 42.1 Å². The second kappa shape index (κ2) is 11.5. The second-order valence-electron chi connectivity index (χ2n) is 8.94. The van der Waals surface area contributed by atoms with Gasteiger partial charge >= 0.3 is 0 Å². The van der Waals surface area contributed by atoms with Gasteiger partial charge in [-0.3, -0.25) is 9.10 Å². The molecule has 1 saturated heterocycles. The average Bonchev–Trinajstić information content (AvgIpc) is 2.89. The van der Waals surface area contributed by atoms with Gasteiger partial charge in [0.25, 0.3) is 5.91 Å². The molecule has 0 saturated carbocycles. The zero-order valence-electron chi connectivity index (χ0n) is 20.8. The molecule has 1 heterocycles. The van der Waals surface area contributed by atoms with E-state index in [0.29, 0.717) is 23.6 Å². The molecule has 0 atom stereocenters. The highest BCUT2D eigenvalue weighted by atomic mass is 32.2. The third-order valence-electron chi connectivity index (χ3n) is 6.22. The first kappa shape index (κ1) is 25.6. The Labute approximate surface area is 213 Å². The van der Waals surface area contributed by atoms with Gasteiger partial charge in [-0.2, -0.15) is 0 Å². The highest BCUT2D eigenvalue weighted by Gasteiger charge is 2.18. The topological polar surface area (TPSA) is 79.0 Å². The zero-order valence-corrected chi connectivity index (χ0v) is 21.6. The largest absolute Gasteiger partial charge is 0.494 e. The number of anilines is 3. The first-order valence-corrected chi connectivity index (χ1v) is 14.1. The lowest BCUT2D eigenvalue weighted by Gasteiger charge is -2.28. The first-order chi connectivity index (χ1) is 17.3. The number of hydrogen-bond acceptors (Lipinski definition) is 5. The lowest BCUT2D eigenvalue weighted by molar-refractivity contribution is 0.102. The number of benzene rings is 3. The number of piperidine rings is 1. The van der Waals surface area contributed by atoms with Crippen LogP contribution in [0, 0.1) is 0 Å². The minimum absolute atomic E-state index is 0.159. The fraction of sp³-hybridized carbons (Fsp3) is 0.321. The number of carbonyl (C=O) groups excluding carboxylic acids is 1. The van der Waals surface area contributed by atoms with Gasteiger partial charge in [-0.25, -0.2) is 8.42 Å². The van der Waals surface area contributed by atoms with Crippen molar-refractivity contribution in [1.29, 1.82) is 0 Å². The van der Waals surface area contributed by atoms with Crippen LogP contribution in [0.15, 0.2) is 72.8 Å². The molecule has 1 N–H and O–H groups in total. The fourth-order valence-corrected chi connectivity index (χ4v) is 5.20. The Balaban J connectivity index is 1.40. The highest BCUT2D eigenvalue weighted by Crippen LogP contribution is 2.25. The number of rotatable bonds is 9. The molecule has 1 fully saturated rings. The molecule has 0 aliphatic carbocycles. The van der Waals surface area contributed by atoms with Crippen molar-refractivity contribution in [3.63, 3.8) is 0 Å². The summed E-state index contributed by atoms with van der Waals surface area (Å²) in [6.07, 6.45) is 4.91. The van der Waals surface area contributed by atoms with Gasteiger partial charge in [-0.1, -0.05) is 12.1 Å². The Hall–Kier alpha value is -3.52. The van der Waals surface area contributed by atoms with Crippen LogP contribution in [0.5, 0.6) is 5.75 Å². The Morgan fingerprint density at radius 1 is 0.917 bits per heavy atom. The number of carbonyl (C=O) groups is 1. The van der Waals surface area contributed by atoms with Gasteiger partial charge in [0.15, 0.2) is 0 Å². The van der Waals surface area contributed by atoms with Crippen LogP contribution in [0.25, 0.3) is 0 Å². The predicted octanol–water partition coefficient (Wildman–Crippen LogP) is 5.29. The van der Waals surface area contributed by atoms with Crippen molar-refractivity contribution in [3.8, 4) is 5.75 Å². The molecule has 3 aromatic carbocycles. The monoisotopic (exact) mass is 507 g/mol. The minimum atomic E-state index is -3.51. The number of sulfonamides is 1. The Morgan fingerprint density at radius 2 is 1.56 bits per heavy atom. The fourth-order valence-electron chi connectivity index (χ4n) is 4.31. The van der Waals surface area contributed by atoms with Crippen molar-refractivity contribution in [1.82, 2.24) is 0 Å². The second-order valence-corrected chi connectivity index (χ2v) is 10.8. The minimum Gasteiger partial charge on any atom is -0.494 e. The molecule has 8 heteroatoms. The Morgan fingerprint density at radius 3 is 2.14 bits per heavy atom. The standard InChI is InChI=1S/C28H33N3O4S/c1-3-35-27-17-15-26(16-18-27)31(36(2,33)34)21-22-7-9-23(10-8-22)28(32)29-24-11-13-25(14-12-24)30-19-5-4-6-20-30/h7-18H,3-6,19-21H2,1-2H3,(H,29,32). The number of nitrogens with zero attached hydrogens (tertiary/aromatic N) is 2. The van der Waals surface area contributed by atoms with Crippen molar-refractivity contribution in [2.75, 3.05) is 40.5 Å². The first-order valence-electron chi connectivity index (χ1n) is 12.3.